The van der Waals surface area contributed by atoms with Crippen molar-refractivity contribution < 1.29 is 8.42 Å². The van der Waals surface area contributed by atoms with Crippen LogP contribution in [0, 0.1) is 0 Å². The van der Waals surface area contributed by atoms with E-state index in [2.05, 4.69) is 9.82 Å². The fraction of sp³-hybridized carbons (Fsp3) is 0.235. The molecule has 0 aliphatic carbocycles. The second-order valence-corrected chi connectivity index (χ2v) is 9.14. The van der Waals surface area contributed by atoms with Gasteiger partial charge in [-0.05, 0) is 43.0 Å². The Bertz CT molecular complexity index is 944. The third-order valence-electron chi connectivity index (χ3n) is 3.78. The fourth-order valence-corrected chi connectivity index (χ4v) is 5.06. The molecule has 3 aromatic rings. The zero-order valence-corrected chi connectivity index (χ0v) is 16.4. The van der Waals surface area contributed by atoms with Crippen LogP contribution in [0.2, 0.25) is 0 Å². The van der Waals surface area contributed by atoms with Crippen LogP contribution in [0.5, 0.6) is 0 Å². The molecule has 0 saturated heterocycles. The monoisotopic (exact) mass is 393 g/mol. The van der Waals surface area contributed by atoms with Gasteiger partial charge in [-0.2, -0.15) is 5.10 Å². The lowest BCUT2D eigenvalue weighted by Gasteiger charge is -2.06. The highest BCUT2D eigenvalue weighted by Crippen LogP contribution is 2.28. The van der Waals surface area contributed by atoms with Crippen LogP contribution in [0.3, 0.4) is 0 Å². The Balaban J connectivity index is 1.74. The van der Waals surface area contributed by atoms with E-state index in [1.165, 1.54) is 11.3 Å². The molecule has 0 aliphatic heterocycles. The van der Waals surface area contributed by atoms with E-state index < -0.39 is 10.0 Å². The second kappa shape index (κ2) is 7.74. The van der Waals surface area contributed by atoms with Crippen LogP contribution in [-0.2, 0) is 23.1 Å². The van der Waals surface area contributed by atoms with Gasteiger partial charge in [-0.15, -0.1) is 23.1 Å². The molecule has 0 bridgehead atoms. The van der Waals surface area contributed by atoms with Crippen molar-refractivity contribution >= 4 is 33.1 Å². The maximum absolute atomic E-state index is 12.5. The quantitative estimate of drug-likeness (QED) is 0.620. The molecule has 2 aromatic heterocycles. The molecule has 2 heterocycles. The van der Waals surface area contributed by atoms with Crippen molar-refractivity contribution in [3.63, 3.8) is 0 Å². The number of aryl methyl sites for hydroxylation is 1. The van der Waals surface area contributed by atoms with Crippen molar-refractivity contribution in [3.05, 3.63) is 53.5 Å². The molecule has 0 fully saturated rings. The third kappa shape index (κ3) is 4.14. The molecule has 1 aromatic carbocycles. The number of hydrogen-bond acceptors (Lipinski definition) is 5. The Morgan fingerprint density at radius 1 is 1.24 bits per heavy atom. The molecule has 0 atom stereocenters. The Kier molecular flexibility index (Phi) is 5.63. The SMILES string of the molecule is CCn1nccc1-c1csc(S(=O)(=O)NCc2ccc(SC)cc2)c1. The number of thioether (sulfide) groups is 1. The molecular formula is C17H19N3O2S3. The van der Waals surface area contributed by atoms with Crippen molar-refractivity contribution in [1.29, 1.82) is 0 Å². The Morgan fingerprint density at radius 3 is 2.68 bits per heavy atom. The van der Waals surface area contributed by atoms with Crippen molar-refractivity contribution in [1.82, 2.24) is 14.5 Å². The summed E-state index contributed by atoms with van der Waals surface area (Å²) in [5, 5.41) is 6.08. The van der Waals surface area contributed by atoms with E-state index in [4.69, 9.17) is 0 Å². The molecule has 25 heavy (non-hydrogen) atoms. The largest absolute Gasteiger partial charge is 0.265 e. The molecule has 0 radical (unpaired) electrons. The molecular weight excluding hydrogens is 374 g/mol. The van der Waals surface area contributed by atoms with E-state index in [1.807, 2.05) is 53.6 Å². The molecule has 5 nitrogen and oxygen atoms in total. The first-order valence-electron chi connectivity index (χ1n) is 7.77. The Hall–Kier alpha value is -1.61. The smallest absolute Gasteiger partial charge is 0.250 e. The summed E-state index contributed by atoms with van der Waals surface area (Å²) >= 11 is 2.88. The second-order valence-electron chi connectivity index (χ2n) is 5.36. The van der Waals surface area contributed by atoms with Crippen LogP contribution >= 0.6 is 23.1 Å². The van der Waals surface area contributed by atoms with Gasteiger partial charge >= 0.3 is 0 Å². The lowest BCUT2D eigenvalue weighted by atomic mass is 10.2. The maximum Gasteiger partial charge on any atom is 0.250 e. The molecule has 132 valence electrons. The number of hydrogen-bond donors (Lipinski definition) is 1. The Morgan fingerprint density at radius 2 is 2.00 bits per heavy atom. The lowest BCUT2D eigenvalue weighted by molar-refractivity contribution is 0.583. The van der Waals surface area contributed by atoms with Crippen LogP contribution in [0.1, 0.15) is 12.5 Å². The van der Waals surface area contributed by atoms with Gasteiger partial charge in [-0.3, -0.25) is 4.68 Å². The van der Waals surface area contributed by atoms with Gasteiger partial charge in [-0.1, -0.05) is 12.1 Å². The normalized spacial score (nSPS) is 11.8. The molecule has 0 amide bonds. The van der Waals surface area contributed by atoms with E-state index in [0.717, 1.165) is 28.3 Å². The van der Waals surface area contributed by atoms with Crippen LogP contribution in [0.4, 0.5) is 0 Å². The molecule has 1 N–H and O–H groups in total. The van der Waals surface area contributed by atoms with Crippen LogP contribution in [0.15, 0.2) is 57.1 Å². The predicted molar refractivity (Wildman–Crippen MR) is 103 cm³/mol. The van der Waals surface area contributed by atoms with Gasteiger partial charge in [0, 0.05) is 35.1 Å². The zero-order chi connectivity index (χ0) is 17.9. The number of nitrogens with zero attached hydrogens (tertiary/aromatic N) is 2. The van der Waals surface area contributed by atoms with Crippen LogP contribution < -0.4 is 4.72 Å². The minimum Gasteiger partial charge on any atom is -0.265 e. The summed E-state index contributed by atoms with van der Waals surface area (Å²) in [6.45, 7) is 3.02. The maximum atomic E-state index is 12.5. The highest BCUT2D eigenvalue weighted by molar-refractivity contribution is 7.98. The number of sulfonamides is 1. The van der Waals surface area contributed by atoms with Crippen molar-refractivity contribution in [2.45, 2.75) is 29.1 Å². The van der Waals surface area contributed by atoms with Gasteiger partial charge in [0.2, 0.25) is 10.0 Å². The average molecular weight is 394 g/mol. The van der Waals surface area contributed by atoms with Gasteiger partial charge < -0.3 is 0 Å². The summed E-state index contributed by atoms with van der Waals surface area (Å²) in [5.74, 6) is 0. The summed E-state index contributed by atoms with van der Waals surface area (Å²) in [7, 11) is -3.53. The van der Waals surface area contributed by atoms with Crippen molar-refractivity contribution in [3.8, 4) is 11.3 Å². The minimum atomic E-state index is -3.53. The third-order valence-corrected chi connectivity index (χ3v) is 7.36. The van der Waals surface area contributed by atoms with E-state index in [-0.39, 0.29) is 6.54 Å². The molecule has 0 unspecified atom stereocenters. The lowest BCUT2D eigenvalue weighted by Crippen LogP contribution is -2.22. The average Bonchev–Trinajstić information content (AvgIpc) is 3.29. The molecule has 0 aliphatic rings. The molecule has 8 heteroatoms. The highest BCUT2D eigenvalue weighted by atomic mass is 32.2. The summed E-state index contributed by atoms with van der Waals surface area (Å²) in [4.78, 5) is 1.15. The van der Waals surface area contributed by atoms with Gasteiger partial charge in [0.25, 0.3) is 0 Å². The molecule has 0 saturated carbocycles. The number of nitrogens with one attached hydrogen (secondary N) is 1. The van der Waals surface area contributed by atoms with Crippen LogP contribution in [-0.4, -0.2) is 24.5 Å². The van der Waals surface area contributed by atoms with Gasteiger partial charge in [0.05, 0.1) is 5.69 Å². The predicted octanol–water partition coefficient (Wildman–Crippen LogP) is 3.83. The highest BCUT2D eigenvalue weighted by Gasteiger charge is 2.18. The zero-order valence-electron chi connectivity index (χ0n) is 14.0. The van der Waals surface area contributed by atoms with E-state index in [0.29, 0.717) is 4.21 Å². The fourth-order valence-electron chi connectivity index (χ4n) is 2.41. The number of thiophene rings is 1. The number of rotatable bonds is 7. The summed E-state index contributed by atoms with van der Waals surface area (Å²) < 4.78 is 29.9. The topological polar surface area (TPSA) is 64.0 Å². The first-order chi connectivity index (χ1) is 12.0. The first kappa shape index (κ1) is 18.2. The van der Waals surface area contributed by atoms with Gasteiger partial charge in [-0.25, -0.2) is 13.1 Å². The van der Waals surface area contributed by atoms with Gasteiger partial charge in [0.1, 0.15) is 4.21 Å². The van der Waals surface area contributed by atoms with Crippen molar-refractivity contribution in [2.75, 3.05) is 6.26 Å². The summed E-state index contributed by atoms with van der Waals surface area (Å²) in [5.41, 5.74) is 2.73. The number of aromatic nitrogens is 2. The van der Waals surface area contributed by atoms with Crippen molar-refractivity contribution in [2.24, 2.45) is 0 Å². The van der Waals surface area contributed by atoms with Gasteiger partial charge in [0.15, 0.2) is 0 Å². The molecule has 0 spiro atoms. The summed E-state index contributed by atoms with van der Waals surface area (Å²) in [6.07, 6.45) is 3.73. The first-order valence-corrected chi connectivity index (χ1v) is 11.4. The molecule has 3 rings (SSSR count). The van der Waals surface area contributed by atoms with E-state index in [1.54, 1.807) is 24.0 Å². The standard InChI is InChI=1S/C17H19N3O2S3/c1-3-20-16(8-9-18-20)14-10-17(24-12-14)25(21,22)19-11-13-4-6-15(23-2)7-5-13/h4-10,12,19H,3,11H2,1-2H3. The Labute approximate surface area is 156 Å². The van der Waals surface area contributed by atoms with E-state index >= 15 is 0 Å². The minimum absolute atomic E-state index is 0.275. The number of benzene rings is 1. The van der Waals surface area contributed by atoms with Crippen LogP contribution in [0.25, 0.3) is 11.3 Å². The summed E-state index contributed by atoms with van der Waals surface area (Å²) in [6, 6.07) is 11.4. The van der Waals surface area contributed by atoms with E-state index in [9.17, 15) is 8.42 Å².